The van der Waals surface area contributed by atoms with E-state index in [0.717, 1.165) is 54.8 Å². The Morgan fingerprint density at radius 2 is 1.97 bits per heavy atom. The number of fused-ring (bicyclic) bond motifs is 1. The second kappa shape index (κ2) is 11.5. The number of methoxy groups -OCH3 is 1. The van der Waals surface area contributed by atoms with E-state index in [9.17, 15) is 14.3 Å². The first-order chi connectivity index (χ1) is 17.6. The third-order valence-electron chi connectivity index (χ3n) is 7.18. The summed E-state index contributed by atoms with van der Waals surface area (Å²) in [6.45, 7) is 6.73. The SMILES string of the molecule is COCC(=O)N[C@@H](Cc1ccc(F)cc1)[C@H](O)CN[C@H]1CC2(CCC2)Oc2ccc(CC(C)(C)C)nc21. The number of aliphatic hydroxyl groups excluding tert-OH is 1. The first kappa shape index (κ1) is 27.5. The summed E-state index contributed by atoms with van der Waals surface area (Å²) < 4.78 is 24.8. The van der Waals surface area contributed by atoms with E-state index in [4.69, 9.17) is 14.5 Å². The Kier molecular flexibility index (Phi) is 8.51. The number of halogens is 1. The van der Waals surface area contributed by atoms with Crippen molar-refractivity contribution in [2.24, 2.45) is 5.41 Å². The van der Waals surface area contributed by atoms with Crippen molar-refractivity contribution in [3.8, 4) is 5.75 Å². The Labute approximate surface area is 219 Å². The lowest BCUT2D eigenvalue weighted by molar-refractivity contribution is -0.126. The fourth-order valence-corrected chi connectivity index (χ4v) is 5.21. The van der Waals surface area contributed by atoms with E-state index in [-0.39, 0.29) is 41.9 Å². The van der Waals surface area contributed by atoms with E-state index in [0.29, 0.717) is 6.42 Å². The summed E-state index contributed by atoms with van der Waals surface area (Å²) in [5.74, 6) is 0.172. The van der Waals surface area contributed by atoms with Crippen molar-refractivity contribution in [1.29, 1.82) is 0 Å². The highest BCUT2D eigenvalue weighted by Crippen LogP contribution is 2.48. The van der Waals surface area contributed by atoms with Gasteiger partial charge in [0, 0.05) is 25.8 Å². The van der Waals surface area contributed by atoms with Gasteiger partial charge in [0.15, 0.2) is 0 Å². The largest absolute Gasteiger partial charge is 0.485 e. The molecule has 8 heteroatoms. The molecule has 0 unspecified atom stereocenters. The molecule has 3 atom stereocenters. The lowest BCUT2D eigenvalue weighted by Gasteiger charge is -2.48. The van der Waals surface area contributed by atoms with Crippen LogP contribution in [0.15, 0.2) is 36.4 Å². The molecule has 3 N–H and O–H groups in total. The number of aromatic nitrogens is 1. The molecule has 4 rings (SSSR count). The van der Waals surface area contributed by atoms with E-state index < -0.39 is 12.1 Å². The van der Waals surface area contributed by atoms with Crippen LogP contribution in [-0.2, 0) is 22.4 Å². The summed E-state index contributed by atoms with van der Waals surface area (Å²) in [7, 11) is 1.45. The highest BCUT2D eigenvalue weighted by molar-refractivity contribution is 5.77. The van der Waals surface area contributed by atoms with Crippen LogP contribution in [0.4, 0.5) is 4.39 Å². The number of nitrogens with one attached hydrogen (secondary N) is 2. The van der Waals surface area contributed by atoms with E-state index in [1.54, 1.807) is 12.1 Å². The molecule has 2 aromatic rings. The Morgan fingerprint density at radius 1 is 1.24 bits per heavy atom. The Balaban J connectivity index is 1.50. The van der Waals surface area contributed by atoms with Crippen molar-refractivity contribution in [2.45, 2.75) is 83.1 Å². The van der Waals surface area contributed by atoms with Crippen LogP contribution in [0.1, 0.15) is 69.4 Å². The number of ether oxygens (including phenoxy) is 2. The number of amides is 1. The van der Waals surface area contributed by atoms with Gasteiger partial charge in [0.25, 0.3) is 0 Å². The molecule has 2 heterocycles. The van der Waals surface area contributed by atoms with Gasteiger partial charge in [0.2, 0.25) is 5.91 Å². The maximum Gasteiger partial charge on any atom is 0.246 e. The van der Waals surface area contributed by atoms with Crippen LogP contribution in [0.2, 0.25) is 0 Å². The molecule has 0 saturated heterocycles. The van der Waals surface area contributed by atoms with Crippen LogP contribution < -0.4 is 15.4 Å². The fourth-order valence-electron chi connectivity index (χ4n) is 5.21. The smallest absolute Gasteiger partial charge is 0.246 e. The van der Waals surface area contributed by atoms with Crippen molar-refractivity contribution in [1.82, 2.24) is 15.6 Å². The van der Waals surface area contributed by atoms with Crippen molar-refractivity contribution in [3.05, 3.63) is 59.2 Å². The molecular formula is C29H40FN3O4. The molecular weight excluding hydrogens is 473 g/mol. The first-order valence-electron chi connectivity index (χ1n) is 13.2. The van der Waals surface area contributed by atoms with Gasteiger partial charge in [-0.25, -0.2) is 4.39 Å². The van der Waals surface area contributed by atoms with Gasteiger partial charge in [0.1, 0.15) is 23.8 Å². The summed E-state index contributed by atoms with van der Waals surface area (Å²) >= 11 is 0. The number of pyridine rings is 1. The molecule has 202 valence electrons. The number of hydrogen-bond donors (Lipinski definition) is 3. The van der Waals surface area contributed by atoms with Gasteiger partial charge in [-0.3, -0.25) is 9.78 Å². The average molecular weight is 514 g/mol. The molecule has 1 aliphatic carbocycles. The van der Waals surface area contributed by atoms with E-state index in [2.05, 4.69) is 37.5 Å². The minimum Gasteiger partial charge on any atom is -0.485 e. The van der Waals surface area contributed by atoms with Gasteiger partial charge in [-0.2, -0.15) is 0 Å². The molecule has 37 heavy (non-hydrogen) atoms. The number of benzene rings is 1. The Morgan fingerprint density at radius 3 is 2.59 bits per heavy atom. The fraction of sp³-hybridized carbons (Fsp3) is 0.586. The number of nitrogens with zero attached hydrogens (tertiary/aromatic N) is 1. The van der Waals surface area contributed by atoms with Crippen LogP contribution >= 0.6 is 0 Å². The number of carbonyl (C=O) groups excluding carboxylic acids is 1. The van der Waals surface area contributed by atoms with Gasteiger partial charge in [-0.1, -0.05) is 32.9 Å². The zero-order valence-corrected chi connectivity index (χ0v) is 22.4. The molecule has 1 aromatic carbocycles. The van der Waals surface area contributed by atoms with Gasteiger partial charge in [-0.15, -0.1) is 0 Å². The second-order valence-electron chi connectivity index (χ2n) is 11.7. The zero-order chi connectivity index (χ0) is 26.6. The molecule has 1 spiro atoms. The third-order valence-corrected chi connectivity index (χ3v) is 7.18. The van der Waals surface area contributed by atoms with Crippen LogP contribution in [0, 0.1) is 11.2 Å². The second-order valence-corrected chi connectivity index (χ2v) is 11.7. The standard InChI is InChI=1S/C29H40FN3O4/c1-28(2,3)15-21-10-11-25-27(32-21)23(16-29(37-25)12-5-13-29)31-17-24(34)22(33-26(35)18-36-4)14-19-6-8-20(30)9-7-19/h6-11,22-24,31,34H,5,12-18H2,1-4H3,(H,33,35)/t22-,23-,24+/m0/s1. The molecule has 7 nitrogen and oxygen atoms in total. The first-order valence-corrected chi connectivity index (χ1v) is 13.2. The maximum atomic E-state index is 13.4. The Bertz CT molecular complexity index is 1070. The summed E-state index contributed by atoms with van der Waals surface area (Å²) in [4.78, 5) is 17.3. The van der Waals surface area contributed by atoms with E-state index in [1.165, 1.54) is 19.2 Å². The molecule has 1 aromatic heterocycles. The van der Waals surface area contributed by atoms with Gasteiger partial charge in [0.05, 0.1) is 23.9 Å². The highest BCUT2D eigenvalue weighted by Gasteiger charge is 2.46. The molecule has 1 amide bonds. The topological polar surface area (TPSA) is 92.7 Å². The monoisotopic (exact) mass is 513 g/mol. The average Bonchev–Trinajstić information content (AvgIpc) is 2.81. The zero-order valence-electron chi connectivity index (χ0n) is 22.4. The summed E-state index contributed by atoms with van der Waals surface area (Å²) in [6, 6.07) is 9.55. The number of rotatable bonds is 10. The van der Waals surface area contributed by atoms with E-state index >= 15 is 0 Å². The number of carbonyl (C=O) groups is 1. The summed E-state index contributed by atoms with van der Waals surface area (Å²) in [5, 5.41) is 17.6. The predicted molar refractivity (Wildman–Crippen MR) is 140 cm³/mol. The van der Waals surface area contributed by atoms with E-state index in [1.807, 2.05) is 6.07 Å². The number of hydrogen-bond acceptors (Lipinski definition) is 6. The lowest BCUT2D eigenvalue weighted by atomic mass is 9.73. The molecule has 0 radical (unpaired) electrons. The van der Waals surface area contributed by atoms with Crippen LogP contribution in [0.5, 0.6) is 5.75 Å². The van der Waals surface area contributed by atoms with Gasteiger partial charge in [-0.05, 0) is 67.3 Å². The van der Waals surface area contributed by atoms with Crippen molar-refractivity contribution in [2.75, 3.05) is 20.3 Å². The minimum absolute atomic E-state index is 0.0697. The molecule has 1 saturated carbocycles. The highest BCUT2D eigenvalue weighted by atomic mass is 19.1. The third kappa shape index (κ3) is 7.27. The van der Waals surface area contributed by atoms with Gasteiger partial charge >= 0.3 is 0 Å². The van der Waals surface area contributed by atoms with Crippen LogP contribution in [-0.4, -0.2) is 54.0 Å². The lowest BCUT2D eigenvalue weighted by Crippen LogP contribution is -2.52. The molecule has 2 aliphatic rings. The van der Waals surface area contributed by atoms with Crippen molar-refractivity contribution in [3.63, 3.8) is 0 Å². The van der Waals surface area contributed by atoms with Gasteiger partial charge < -0.3 is 25.2 Å². The van der Waals surface area contributed by atoms with Crippen LogP contribution in [0.3, 0.4) is 0 Å². The molecule has 0 bridgehead atoms. The normalized spacial score (nSPS) is 19.9. The summed E-state index contributed by atoms with van der Waals surface area (Å²) in [5.41, 5.74) is 2.65. The van der Waals surface area contributed by atoms with Crippen LogP contribution in [0.25, 0.3) is 0 Å². The van der Waals surface area contributed by atoms with Crippen molar-refractivity contribution >= 4 is 5.91 Å². The Hall–Kier alpha value is -2.55. The minimum atomic E-state index is -0.882. The maximum absolute atomic E-state index is 13.4. The number of aliphatic hydroxyl groups is 1. The quantitative estimate of drug-likeness (QED) is 0.447. The predicted octanol–water partition coefficient (Wildman–Crippen LogP) is 3.88. The van der Waals surface area contributed by atoms with Crippen molar-refractivity contribution < 1.29 is 23.8 Å². The molecule has 1 aliphatic heterocycles. The summed E-state index contributed by atoms with van der Waals surface area (Å²) in [6.07, 6.45) is 4.29. The molecule has 1 fully saturated rings.